The highest BCUT2D eigenvalue weighted by Crippen LogP contribution is 2.23. The van der Waals surface area contributed by atoms with Gasteiger partial charge in [0.1, 0.15) is 17.7 Å². The molecule has 36 heavy (non-hydrogen) atoms. The summed E-state index contributed by atoms with van der Waals surface area (Å²) in [6.07, 6.45) is 1.54. The third-order valence-electron chi connectivity index (χ3n) is 5.21. The zero-order valence-corrected chi connectivity index (χ0v) is 22.2. The first-order valence-corrected chi connectivity index (χ1v) is 13.3. The van der Waals surface area contributed by atoms with Crippen molar-refractivity contribution in [3.8, 4) is 0 Å². The molecule has 0 heterocycles. The molecular formula is C27H37N3O5S. The summed E-state index contributed by atoms with van der Waals surface area (Å²) in [7, 11) is 0. The van der Waals surface area contributed by atoms with Crippen molar-refractivity contribution in [2.24, 2.45) is 0 Å². The molecule has 2 unspecified atom stereocenters. The van der Waals surface area contributed by atoms with Crippen molar-refractivity contribution in [3.05, 3.63) is 71.8 Å². The number of thioether (sulfide) groups is 1. The Morgan fingerprint density at radius 2 is 1.64 bits per heavy atom. The van der Waals surface area contributed by atoms with Gasteiger partial charge in [0.15, 0.2) is 0 Å². The number of aliphatic hydroxyl groups excluding tert-OH is 1. The van der Waals surface area contributed by atoms with E-state index in [9.17, 15) is 19.5 Å². The second kappa shape index (κ2) is 14.5. The summed E-state index contributed by atoms with van der Waals surface area (Å²) in [5.41, 5.74) is 0.791. The van der Waals surface area contributed by atoms with Gasteiger partial charge in [0.25, 0.3) is 0 Å². The molecule has 8 nitrogen and oxygen atoms in total. The van der Waals surface area contributed by atoms with E-state index in [-0.39, 0.29) is 25.6 Å². The third kappa shape index (κ3) is 9.54. The van der Waals surface area contributed by atoms with E-state index in [2.05, 4.69) is 10.6 Å². The molecule has 196 valence electrons. The van der Waals surface area contributed by atoms with Crippen LogP contribution in [0.2, 0.25) is 0 Å². The van der Waals surface area contributed by atoms with Crippen molar-refractivity contribution in [2.75, 3.05) is 25.2 Å². The van der Waals surface area contributed by atoms with Crippen LogP contribution in [0.25, 0.3) is 0 Å². The lowest BCUT2D eigenvalue weighted by molar-refractivity contribution is -0.143. The molecular weight excluding hydrogens is 478 g/mol. The van der Waals surface area contributed by atoms with Crippen LogP contribution >= 0.6 is 11.8 Å². The predicted octanol–water partition coefficient (Wildman–Crippen LogP) is 3.51. The van der Waals surface area contributed by atoms with Gasteiger partial charge in [-0.15, -0.1) is 0 Å². The second-order valence-corrected chi connectivity index (χ2v) is 10.2. The predicted molar refractivity (Wildman–Crippen MR) is 142 cm³/mol. The van der Waals surface area contributed by atoms with E-state index in [1.807, 2.05) is 42.7 Å². The molecule has 0 spiro atoms. The minimum atomic E-state index is -0.994. The van der Waals surface area contributed by atoms with Gasteiger partial charge >= 0.3 is 6.09 Å². The average Bonchev–Trinajstić information content (AvgIpc) is 2.84. The van der Waals surface area contributed by atoms with Crippen LogP contribution < -0.4 is 10.6 Å². The number of hydrogen-bond acceptors (Lipinski definition) is 6. The van der Waals surface area contributed by atoms with Crippen LogP contribution in [0.1, 0.15) is 44.4 Å². The summed E-state index contributed by atoms with van der Waals surface area (Å²) in [6, 6.07) is 16.5. The normalized spacial score (nSPS) is 12.8. The van der Waals surface area contributed by atoms with Crippen LogP contribution in [0.4, 0.5) is 4.79 Å². The molecule has 3 N–H and O–H groups in total. The topological polar surface area (TPSA) is 108 Å². The summed E-state index contributed by atoms with van der Waals surface area (Å²) in [4.78, 5) is 41.1. The number of benzene rings is 2. The van der Waals surface area contributed by atoms with Gasteiger partial charge < -0.3 is 25.4 Å². The molecule has 0 saturated carbocycles. The highest BCUT2D eigenvalue weighted by Gasteiger charge is 2.35. The minimum Gasteiger partial charge on any atom is -0.444 e. The van der Waals surface area contributed by atoms with Crippen molar-refractivity contribution in [2.45, 2.75) is 51.4 Å². The number of amides is 3. The first kappa shape index (κ1) is 29.2. The summed E-state index contributed by atoms with van der Waals surface area (Å²) in [5.74, 6) is -0.240. The van der Waals surface area contributed by atoms with Gasteiger partial charge in [-0.2, -0.15) is 11.8 Å². The Labute approximate surface area is 217 Å². The van der Waals surface area contributed by atoms with Crippen LogP contribution in [-0.4, -0.2) is 64.7 Å². The van der Waals surface area contributed by atoms with E-state index < -0.39 is 29.7 Å². The van der Waals surface area contributed by atoms with Gasteiger partial charge in [0.2, 0.25) is 11.8 Å². The zero-order valence-electron chi connectivity index (χ0n) is 21.4. The number of hydrogen-bond donors (Lipinski definition) is 3. The van der Waals surface area contributed by atoms with E-state index >= 15 is 0 Å². The molecule has 0 aromatic heterocycles. The number of ether oxygens (including phenoxy) is 1. The Kier molecular flexibility index (Phi) is 11.8. The van der Waals surface area contributed by atoms with Crippen LogP contribution in [0.5, 0.6) is 0 Å². The maximum Gasteiger partial charge on any atom is 0.408 e. The lowest BCUT2D eigenvalue weighted by atomic mass is 10.0. The SMILES string of the molecule is CSCCC(NC(=O)OC(C)(C)C)C(=O)N(CCO)C(C(=O)NCc1ccccc1)c1ccccc1. The highest BCUT2D eigenvalue weighted by molar-refractivity contribution is 7.98. The standard InChI is InChI=1S/C27H37N3O5S/c1-27(2,3)35-26(34)29-22(15-18-36-4)25(33)30(16-17-31)23(21-13-9-6-10-14-21)24(32)28-19-20-11-7-5-8-12-20/h5-14,22-23,31H,15-19H2,1-4H3,(H,28,32)(H,29,34). The number of rotatable bonds is 12. The molecule has 2 aromatic carbocycles. The molecule has 0 bridgehead atoms. The summed E-state index contributed by atoms with van der Waals surface area (Å²) in [6.45, 7) is 5.09. The summed E-state index contributed by atoms with van der Waals surface area (Å²) >= 11 is 1.54. The van der Waals surface area contributed by atoms with Crippen LogP contribution in [-0.2, 0) is 20.9 Å². The lowest BCUT2D eigenvalue weighted by Gasteiger charge is -2.34. The van der Waals surface area contributed by atoms with E-state index in [0.717, 1.165) is 5.56 Å². The Morgan fingerprint density at radius 1 is 1.03 bits per heavy atom. The van der Waals surface area contributed by atoms with Gasteiger partial charge in [-0.1, -0.05) is 60.7 Å². The van der Waals surface area contributed by atoms with Crippen LogP contribution in [0.15, 0.2) is 60.7 Å². The van der Waals surface area contributed by atoms with Crippen molar-refractivity contribution in [1.82, 2.24) is 15.5 Å². The molecule has 9 heteroatoms. The quantitative estimate of drug-likeness (QED) is 0.399. The Bertz CT molecular complexity index is 966. The molecule has 2 aromatic rings. The molecule has 0 saturated heterocycles. The van der Waals surface area contributed by atoms with E-state index in [1.54, 1.807) is 45.0 Å². The first-order valence-electron chi connectivity index (χ1n) is 11.9. The maximum absolute atomic E-state index is 13.8. The first-order chi connectivity index (χ1) is 17.2. The smallest absolute Gasteiger partial charge is 0.408 e. The zero-order chi connectivity index (χ0) is 26.6. The number of nitrogens with zero attached hydrogens (tertiary/aromatic N) is 1. The summed E-state index contributed by atoms with van der Waals surface area (Å²) in [5, 5.41) is 15.4. The third-order valence-corrected chi connectivity index (χ3v) is 5.85. The second-order valence-electron chi connectivity index (χ2n) is 9.25. The summed E-state index contributed by atoms with van der Waals surface area (Å²) < 4.78 is 5.36. The van der Waals surface area contributed by atoms with E-state index in [0.29, 0.717) is 17.7 Å². The highest BCUT2D eigenvalue weighted by atomic mass is 32.2. The molecule has 0 aliphatic heterocycles. The molecule has 2 atom stereocenters. The van der Waals surface area contributed by atoms with Gasteiger partial charge in [-0.25, -0.2) is 4.79 Å². The van der Waals surface area contributed by atoms with Gasteiger partial charge in [0, 0.05) is 13.1 Å². The fraction of sp³-hybridized carbons (Fsp3) is 0.444. The fourth-order valence-electron chi connectivity index (χ4n) is 3.61. The van der Waals surface area contributed by atoms with Crippen molar-refractivity contribution in [1.29, 1.82) is 0 Å². The lowest BCUT2D eigenvalue weighted by Crippen LogP contribution is -2.53. The van der Waals surface area contributed by atoms with E-state index in [1.165, 1.54) is 16.7 Å². The van der Waals surface area contributed by atoms with E-state index in [4.69, 9.17) is 4.74 Å². The van der Waals surface area contributed by atoms with Gasteiger partial charge in [0.05, 0.1) is 6.61 Å². The number of aliphatic hydroxyl groups is 1. The number of nitrogens with one attached hydrogen (secondary N) is 2. The molecule has 0 radical (unpaired) electrons. The molecule has 2 rings (SSSR count). The monoisotopic (exact) mass is 515 g/mol. The number of carbonyl (C=O) groups excluding carboxylic acids is 3. The Balaban J connectivity index is 2.35. The van der Waals surface area contributed by atoms with Crippen molar-refractivity contribution in [3.63, 3.8) is 0 Å². The Hall–Kier alpha value is -3.04. The fourth-order valence-corrected chi connectivity index (χ4v) is 4.08. The molecule has 0 aliphatic carbocycles. The molecule has 3 amide bonds. The van der Waals surface area contributed by atoms with Crippen molar-refractivity contribution < 1.29 is 24.2 Å². The number of alkyl carbamates (subject to hydrolysis) is 1. The minimum absolute atomic E-state index is 0.0804. The Morgan fingerprint density at radius 3 is 2.19 bits per heavy atom. The van der Waals surface area contributed by atoms with Crippen LogP contribution in [0, 0.1) is 0 Å². The van der Waals surface area contributed by atoms with Crippen molar-refractivity contribution >= 4 is 29.7 Å². The largest absolute Gasteiger partial charge is 0.444 e. The average molecular weight is 516 g/mol. The molecule has 0 fully saturated rings. The number of carbonyl (C=O) groups is 3. The van der Waals surface area contributed by atoms with Gasteiger partial charge in [-0.3, -0.25) is 9.59 Å². The van der Waals surface area contributed by atoms with Crippen LogP contribution in [0.3, 0.4) is 0 Å². The van der Waals surface area contributed by atoms with Gasteiger partial charge in [-0.05, 0) is 50.3 Å². The maximum atomic E-state index is 13.8. The molecule has 0 aliphatic rings.